The van der Waals surface area contributed by atoms with Gasteiger partial charge >= 0.3 is 0 Å². The first kappa shape index (κ1) is 17.8. The molecular weight excluding hydrogens is 286 g/mol. The monoisotopic (exact) mass is 317 g/mol. The van der Waals surface area contributed by atoms with Crippen LogP contribution >= 0.6 is 0 Å². The molecule has 1 N–H and O–H groups in total. The van der Waals surface area contributed by atoms with Crippen LogP contribution in [-0.2, 0) is 4.79 Å². The Labute approximate surface area is 140 Å². The Morgan fingerprint density at radius 3 is 2.48 bits per heavy atom. The normalized spacial score (nSPS) is 16.0. The maximum atomic E-state index is 12.0. The van der Waals surface area contributed by atoms with Gasteiger partial charge in [-0.15, -0.1) is 0 Å². The largest absolute Gasteiger partial charge is 0.369 e. The molecule has 0 aromatic heterocycles. The highest BCUT2D eigenvalue weighted by molar-refractivity contribution is 5.91. The number of piperazine rings is 1. The van der Waals surface area contributed by atoms with E-state index in [4.69, 9.17) is 0 Å². The average Bonchev–Trinajstić information content (AvgIpc) is 2.53. The summed E-state index contributed by atoms with van der Waals surface area (Å²) in [5.74, 6) is 0.675. The highest BCUT2D eigenvalue weighted by atomic mass is 16.1. The van der Waals surface area contributed by atoms with E-state index in [9.17, 15) is 4.79 Å². The minimum Gasteiger partial charge on any atom is -0.369 e. The lowest BCUT2D eigenvalue weighted by molar-refractivity contribution is -0.116. The second-order valence-electron chi connectivity index (χ2n) is 6.90. The number of rotatable bonds is 6. The van der Waals surface area contributed by atoms with Gasteiger partial charge in [-0.2, -0.15) is 0 Å². The van der Waals surface area contributed by atoms with E-state index in [2.05, 4.69) is 54.9 Å². The SMILES string of the molecule is CCN1CCN(c2ccc(NC(=O)CCC(C)C)cc2C)CC1. The van der Waals surface area contributed by atoms with Gasteiger partial charge in [-0.05, 0) is 49.6 Å². The number of carbonyl (C=O) groups is 1. The minimum absolute atomic E-state index is 0.113. The average molecular weight is 317 g/mol. The van der Waals surface area contributed by atoms with Crippen molar-refractivity contribution in [2.75, 3.05) is 42.9 Å². The summed E-state index contributed by atoms with van der Waals surface area (Å²) >= 11 is 0. The zero-order valence-electron chi connectivity index (χ0n) is 15.1. The van der Waals surface area contributed by atoms with Crippen molar-refractivity contribution in [2.45, 2.75) is 40.5 Å². The number of hydrogen-bond donors (Lipinski definition) is 1. The maximum Gasteiger partial charge on any atom is 0.224 e. The number of nitrogens with zero attached hydrogens (tertiary/aromatic N) is 2. The number of benzene rings is 1. The van der Waals surface area contributed by atoms with E-state index in [1.165, 1.54) is 11.3 Å². The van der Waals surface area contributed by atoms with Crippen molar-refractivity contribution < 1.29 is 4.79 Å². The fraction of sp³-hybridized carbons (Fsp3) is 0.632. The summed E-state index contributed by atoms with van der Waals surface area (Å²) in [5.41, 5.74) is 3.43. The van der Waals surface area contributed by atoms with E-state index < -0.39 is 0 Å². The van der Waals surface area contributed by atoms with E-state index in [-0.39, 0.29) is 5.91 Å². The number of aryl methyl sites for hydroxylation is 1. The lowest BCUT2D eigenvalue weighted by atomic mass is 10.1. The van der Waals surface area contributed by atoms with Crippen LogP contribution in [-0.4, -0.2) is 43.5 Å². The molecule has 2 rings (SSSR count). The summed E-state index contributed by atoms with van der Waals surface area (Å²) in [6.07, 6.45) is 1.53. The van der Waals surface area contributed by atoms with Gasteiger partial charge in [0.2, 0.25) is 5.91 Å². The zero-order valence-corrected chi connectivity index (χ0v) is 15.1. The van der Waals surface area contributed by atoms with Crippen LogP contribution < -0.4 is 10.2 Å². The number of nitrogens with one attached hydrogen (secondary N) is 1. The van der Waals surface area contributed by atoms with Gasteiger partial charge in [-0.3, -0.25) is 4.79 Å². The summed E-state index contributed by atoms with van der Waals surface area (Å²) in [4.78, 5) is 16.9. The summed E-state index contributed by atoms with van der Waals surface area (Å²) in [6.45, 7) is 14.2. The van der Waals surface area contributed by atoms with Crippen molar-refractivity contribution in [2.24, 2.45) is 5.92 Å². The summed E-state index contributed by atoms with van der Waals surface area (Å²) in [7, 11) is 0. The topological polar surface area (TPSA) is 35.6 Å². The molecule has 1 aliphatic rings. The maximum absolute atomic E-state index is 12.0. The van der Waals surface area contributed by atoms with E-state index in [0.29, 0.717) is 12.3 Å². The second-order valence-corrected chi connectivity index (χ2v) is 6.90. The standard InChI is InChI=1S/C19H31N3O/c1-5-21-10-12-22(13-11-21)18-8-7-17(14-16(18)4)20-19(23)9-6-15(2)3/h7-8,14-15H,5-6,9-13H2,1-4H3,(H,20,23). The first-order valence-electron chi connectivity index (χ1n) is 8.87. The molecule has 0 radical (unpaired) electrons. The summed E-state index contributed by atoms with van der Waals surface area (Å²) in [6, 6.07) is 6.27. The van der Waals surface area contributed by atoms with Crippen LogP contribution in [0.5, 0.6) is 0 Å². The number of hydrogen-bond acceptors (Lipinski definition) is 3. The molecule has 0 saturated carbocycles. The number of likely N-dealkylation sites (N-methyl/N-ethyl adjacent to an activating group) is 1. The van der Waals surface area contributed by atoms with Gasteiger partial charge in [0, 0.05) is 44.0 Å². The summed E-state index contributed by atoms with van der Waals surface area (Å²) in [5, 5.41) is 3.02. The van der Waals surface area contributed by atoms with E-state index in [1.807, 2.05) is 6.07 Å². The Kier molecular flexibility index (Phi) is 6.46. The Hall–Kier alpha value is -1.55. The first-order chi connectivity index (χ1) is 11.0. The molecular formula is C19H31N3O. The molecule has 0 atom stereocenters. The van der Waals surface area contributed by atoms with Gasteiger partial charge in [0.25, 0.3) is 0 Å². The van der Waals surface area contributed by atoms with Crippen LogP contribution in [0, 0.1) is 12.8 Å². The quantitative estimate of drug-likeness (QED) is 0.872. The van der Waals surface area contributed by atoms with Gasteiger partial charge in [-0.25, -0.2) is 0 Å². The third-order valence-corrected chi connectivity index (χ3v) is 4.59. The van der Waals surface area contributed by atoms with E-state index >= 15 is 0 Å². The number of amides is 1. The molecule has 1 aromatic carbocycles. The van der Waals surface area contributed by atoms with Crippen molar-refractivity contribution >= 4 is 17.3 Å². The number of anilines is 2. The molecule has 0 aliphatic carbocycles. The third kappa shape index (κ3) is 5.24. The van der Waals surface area contributed by atoms with Crippen LogP contribution in [0.1, 0.15) is 39.2 Å². The molecule has 0 spiro atoms. The molecule has 1 heterocycles. The van der Waals surface area contributed by atoms with Crippen LogP contribution in [0.4, 0.5) is 11.4 Å². The molecule has 4 nitrogen and oxygen atoms in total. The van der Waals surface area contributed by atoms with Gasteiger partial charge in [0.1, 0.15) is 0 Å². The van der Waals surface area contributed by atoms with Crippen molar-refractivity contribution in [3.05, 3.63) is 23.8 Å². The second kappa shape index (κ2) is 8.34. The molecule has 1 fully saturated rings. The predicted octanol–water partition coefficient (Wildman–Crippen LogP) is 3.51. The molecule has 23 heavy (non-hydrogen) atoms. The molecule has 128 valence electrons. The highest BCUT2D eigenvalue weighted by Gasteiger charge is 2.17. The van der Waals surface area contributed by atoms with Crippen molar-refractivity contribution in [3.63, 3.8) is 0 Å². The zero-order chi connectivity index (χ0) is 16.8. The Morgan fingerprint density at radius 1 is 1.22 bits per heavy atom. The fourth-order valence-electron chi connectivity index (χ4n) is 3.04. The smallest absolute Gasteiger partial charge is 0.224 e. The third-order valence-electron chi connectivity index (χ3n) is 4.59. The highest BCUT2D eigenvalue weighted by Crippen LogP contribution is 2.25. The van der Waals surface area contributed by atoms with Gasteiger partial charge in [0.05, 0.1) is 0 Å². The van der Waals surface area contributed by atoms with Crippen LogP contribution in [0.2, 0.25) is 0 Å². The first-order valence-corrected chi connectivity index (χ1v) is 8.87. The van der Waals surface area contributed by atoms with Crippen molar-refractivity contribution in [1.82, 2.24) is 4.90 Å². The van der Waals surface area contributed by atoms with Crippen LogP contribution in [0.15, 0.2) is 18.2 Å². The number of carbonyl (C=O) groups excluding carboxylic acids is 1. The minimum atomic E-state index is 0.113. The van der Waals surface area contributed by atoms with Crippen molar-refractivity contribution in [3.8, 4) is 0 Å². The van der Waals surface area contributed by atoms with E-state index in [0.717, 1.165) is 44.8 Å². The Bertz CT molecular complexity index is 519. The van der Waals surface area contributed by atoms with Crippen molar-refractivity contribution in [1.29, 1.82) is 0 Å². The Morgan fingerprint density at radius 2 is 1.91 bits per heavy atom. The molecule has 1 aliphatic heterocycles. The summed E-state index contributed by atoms with van der Waals surface area (Å²) < 4.78 is 0. The molecule has 1 saturated heterocycles. The lowest BCUT2D eigenvalue weighted by Crippen LogP contribution is -2.46. The molecule has 1 aromatic rings. The van der Waals surface area contributed by atoms with Crippen LogP contribution in [0.3, 0.4) is 0 Å². The molecule has 1 amide bonds. The molecule has 0 unspecified atom stereocenters. The van der Waals surface area contributed by atoms with Gasteiger partial charge < -0.3 is 15.1 Å². The predicted molar refractivity (Wildman–Crippen MR) is 98.2 cm³/mol. The lowest BCUT2D eigenvalue weighted by Gasteiger charge is -2.36. The van der Waals surface area contributed by atoms with Gasteiger partial charge in [-0.1, -0.05) is 20.8 Å². The molecule has 0 bridgehead atoms. The molecule has 4 heteroatoms. The van der Waals surface area contributed by atoms with Gasteiger partial charge in [0.15, 0.2) is 0 Å². The fourth-order valence-corrected chi connectivity index (χ4v) is 3.04. The Balaban J connectivity index is 1.94. The van der Waals surface area contributed by atoms with Crippen LogP contribution in [0.25, 0.3) is 0 Å². The van der Waals surface area contributed by atoms with E-state index in [1.54, 1.807) is 0 Å².